The van der Waals surface area contributed by atoms with Crippen molar-refractivity contribution >= 4 is 17.7 Å². The summed E-state index contributed by atoms with van der Waals surface area (Å²) in [4.78, 5) is 13.8. The molecule has 1 aromatic carbocycles. The molecular weight excluding hydrogens is 280 g/mol. The van der Waals surface area contributed by atoms with Crippen LogP contribution >= 0.6 is 11.8 Å². The monoisotopic (exact) mass is 300 g/mol. The van der Waals surface area contributed by atoms with E-state index in [0.717, 1.165) is 18.7 Å². The van der Waals surface area contributed by atoms with E-state index in [1.54, 1.807) is 11.8 Å². The average molecular weight is 300 g/mol. The molecule has 1 saturated heterocycles. The molecule has 0 bridgehead atoms. The second-order valence-electron chi connectivity index (χ2n) is 5.22. The Balaban J connectivity index is 1.84. The second-order valence-corrected chi connectivity index (χ2v) is 6.28. The number of aromatic nitrogens is 1. The van der Waals surface area contributed by atoms with Crippen molar-refractivity contribution in [2.24, 2.45) is 0 Å². The Bertz CT molecular complexity index is 632. The van der Waals surface area contributed by atoms with Gasteiger partial charge in [0.2, 0.25) is 5.91 Å². The van der Waals surface area contributed by atoms with Gasteiger partial charge >= 0.3 is 0 Å². The largest absolute Gasteiger partial charge is 0.326 e. The number of benzene rings is 1. The number of thioether (sulfide) groups is 1. The number of hydrogen-bond acceptors (Lipinski definition) is 2. The molecule has 4 heteroatoms. The summed E-state index contributed by atoms with van der Waals surface area (Å²) in [6.07, 6.45) is 5.27. The summed E-state index contributed by atoms with van der Waals surface area (Å²) < 4.78 is 2.13. The predicted octanol–water partition coefficient (Wildman–Crippen LogP) is 3.63. The molecule has 0 N–H and O–H groups in total. The van der Waals surface area contributed by atoms with Crippen molar-refractivity contribution in [2.75, 3.05) is 12.3 Å². The van der Waals surface area contributed by atoms with Crippen molar-refractivity contribution in [3.63, 3.8) is 0 Å². The molecule has 3 nitrogen and oxygen atoms in total. The molecule has 0 unspecified atom stereocenters. The highest BCUT2D eigenvalue weighted by atomic mass is 32.2. The molecule has 1 fully saturated rings. The van der Waals surface area contributed by atoms with Gasteiger partial charge in [-0.3, -0.25) is 4.79 Å². The van der Waals surface area contributed by atoms with Crippen molar-refractivity contribution in [3.05, 3.63) is 53.9 Å². The summed E-state index contributed by atoms with van der Waals surface area (Å²) in [5.74, 6) is 0.835. The maximum absolute atomic E-state index is 11.8. The Hall–Kier alpha value is -1.68. The maximum Gasteiger partial charge on any atom is 0.233 e. The van der Waals surface area contributed by atoms with E-state index in [2.05, 4.69) is 54.2 Å². The van der Waals surface area contributed by atoms with Crippen LogP contribution in [0.3, 0.4) is 0 Å². The third-order valence-corrected chi connectivity index (χ3v) is 5.21. The maximum atomic E-state index is 11.8. The topological polar surface area (TPSA) is 25.2 Å². The summed E-state index contributed by atoms with van der Waals surface area (Å²) >= 11 is 1.71. The first-order chi connectivity index (χ1) is 10.2. The standard InChI is InChI=1S/C17H20N2OS/c1-3-13-5-7-15(8-6-13)18-10-9-14(11-18)17-19(4-2)16(20)12-21-17/h5-11,17H,3-4,12H2,1-2H3/t17-/m1/s1. The van der Waals surface area contributed by atoms with Crippen LogP contribution in [-0.2, 0) is 11.2 Å². The van der Waals surface area contributed by atoms with Gasteiger partial charge in [-0.2, -0.15) is 0 Å². The van der Waals surface area contributed by atoms with Gasteiger partial charge in [0.1, 0.15) is 5.37 Å². The first-order valence-corrected chi connectivity index (χ1v) is 8.46. The fourth-order valence-electron chi connectivity index (χ4n) is 2.70. The minimum atomic E-state index is 0.165. The lowest BCUT2D eigenvalue weighted by molar-refractivity contribution is -0.127. The van der Waals surface area contributed by atoms with E-state index in [1.807, 2.05) is 11.8 Å². The van der Waals surface area contributed by atoms with Crippen molar-refractivity contribution in [1.29, 1.82) is 0 Å². The average Bonchev–Trinajstić information content (AvgIpc) is 3.13. The third-order valence-electron chi connectivity index (χ3n) is 3.95. The molecule has 1 aliphatic heterocycles. The first-order valence-electron chi connectivity index (χ1n) is 7.41. The quantitative estimate of drug-likeness (QED) is 0.861. The van der Waals surface area contributed by atoms with Crippen LogP contribution in [0.4, 0.5) is 0 Å². The molecule has 3 rings (SSSR count). The smallest absolute Gasteiger partial charge is 0.233 e. The Labute approximate surface area is 130 Å². The van der Waals surface area contributed by atoms with Crippen LogP contribution in [0.25, 0.3) is 5.69 Å². The van der Waals surface area contributed by atoms with Crippen LogP contribution in [0.5, 0.6) is 0 Å². The number of nitrogens with zero attached hydrogens (tertiary/aromatic N) is 2. The van der Waals surface area contributed by atoms with Gasteiger partial charge in [-0.1, -0.05) is 19.1 Å². The fourth-order valence-corrected chi connectivity index (χ4v) is 3.94. The fraction of sp³-hybridized carbons (Fsp3) is 0.353. The Morgan fingerprint density at radius 3 is 2.62 bits per heavy atom. The number of amides is 1. The number of hydrogen-bond donors (Lipinski definition) is 0. The zero-order valence-electron chi connectivity index (χ0n) is 12.5. The summed E-state index contributed by atoms with van der Waals surface area (Å²) in [6, 6.07) is 10.7. The lowest BCUT2D eigenvalue weighted by Crippen LogP contribution is -2.27. The molecule has 1 aliphatic rings. The summed E-state index contributed by atoms with van der Waals surface area (Å²) in [5.41, 5.74) is 3.71. The molecule has 1 atom stereocenters. The summed E-state index contributed by atoms with van der Waals surface area (Å²) in [5, 5.41) is 0.165. The Morgan fingerprint density at radius 2 is 1.95 bits per heavy atom. The van der Waals surface area contributed by atoms with E-state index >= 15 is 0 Å². The van der Waals surface area contributed by atoms with Gasteiger partial charge in [-0.05, 0) is 37.1 Å². The SMILES string of the molecule is CCc1ccc(-n2ccc([C@H]3SCC(=O)N3CC)c2)cc1. The second kappa shape index (κ2) is 5.98. The van der Waals surface area contributed by atoms with E-state index in [-0.39, 0.29) is 11.3 Å². The normalized spacial score (nSPS) is 18.5. The number of carbonyl (C=O) groups excluding carboxylic acids is 1. The van der Waals surface area contributed by atoms with Crippen LogP contribution in [0.1, 0.15) is 30.3 Å². The highest BCUT2D eigenvalue weighted by Gasteiger charge is 2.31. The van der Waals surface area contributed by atoms with Gasteiger partial charge in [0.05, 0.1) is 5.75 Å². The van der Waals surface area contributed by atoms with Gasteiger partial charge in [0, 0.05) is 30.2 Å². The number of carbonyl (C=O) groups is 1. The van der Waals surface area contributed by atoms with Crippen molar-refractivity contribution in [3.8, 4) is 5.69 Å². The summed E-state index contributed by atoms with van der Waals surface area (Å²) in [6.45, 7) is 4.97. The Kier molecular flexibility index (Phi) is 4.06. The van der Waals surface area contributed by atoms with E-state index in [0.29, 0.717) is 5.75 Å². The van der Waals surface area contributed by atoms with Crippen LogP contribution in [0.2, 0.25) is 0 Å². The van der Waals surface area contributed by atoms with Gasteiger partial charge in [0.25, 0.3) is 0 Å². The zero-order chi connectivity index (χ0) is 14.8. The molecule has 0 aliphatic carbocycles. The van der Waals surface area contributed by atoms with Gasteiger partial charge in [-0.25, -0.2) is 0 Å². The van der Waals surface area contributed by atoms with E-state index in [1.165, 1.54) is 11.1 Å². The molecule has 0 saturated carbocycles. The third kappa shape index (κ3) is 2.72. The zero-order valence-corrected chi connectivity index (χ0v) is 13.3. The lowest BCUT2D eigenvalue weighted by atomic mass is 10.1. The van der Waals surface area contributed by atoms with Gasteiger partial charge in [-0.15, -0.1) is 11.8 Å². The Morgan fingerprint density at radius 1 is 1.19 bits per heavy atom. The van der Waals surface area contributed by atoms with E-state index in [9.17, 15) is 4.79 Å². The van der Waals surface area contributed by atoms with Crippen LogP contribution in [-0.4, -0.2) is 27.7 Å². The summed E-state index contributed by atoms with van der Waals surface area (Å²) in [7, 11) is 0. The highest BCUT2D eigenvalue weighted by molar-refractivity contribution is 8.00. The van der Waals surface area contributed by atoms with Crippen LogP contribution < -0.4 is 0 Å². The first kappa shape index (κ1) is 14.3. The van der Waals surface area contributed by atoms with Crippen molar-refractivity contribution in [1.82, 2.24) is 9.47 Å². The van der Waals surface area contributed by atoms with Crippen molar-refractivity contribution < 1.29 is 4.79 Å². The highest BCUT2D eigenvalue weighted by Crippen LogP contribution is 2.38. The van der Waals surface area contributed by atoms with Crippen LogP contribution in [0, 0.1) is 0 Å². The van der Waals surface area contributed by atoms with Crippen LogP contribution in [0.15, 0.2) is 42.7 Å². The number of rotatable bonds is 4. The van der Waals surface area contributed by atoms with Gasteiger partial charge < -0.3 is 9.47 Å². The van der Waals surface area contributed by atoms with E-state index in [4.69, 9.17) is 0 Å². The molecule has 2 heterocycles. The number of aryl methyl sites for hydroxylation is 1. The van der Waals surface area contributed by atoms with Gasteiger partial charge in [0.15, 0.2) is 0 Å². The van der Waals surface area contributed by atoms with E-state index < -0.39 is 0 Å². The minimum Gasteiger partial charge on any atom is -0.326 e. The molecule has 0 spiro atoms. The van der Waals surface area contributed by atoms with Crippen molar-refractivity contribution in [2.45, 2.75) is 25.6 Å². The molecular formula is C17H20N2OS. The predicted molar refractivity (Wildman–Crippen MR) is 87.7 cm³/mol. The molecule has 1 amide bonds. The molecule has 1 aromatic heterocycles. The molecule has 2 aromatic rings. The minimum absolute atomic E-state index is 0.165. The lowest BCUT2D eigenvalue weighted by Gasteiger charge is -2.21. The molecule has 110 valence electrons. The molecule has 21 heavy (non-hydrogen) atoms. The molecule has 0 radical (unpaired) electrons.